The van der Waals surface area contributed by atoms with Gasteiger partial charge in [0.15, 0.2) is 0 Å². The Morgan fingerprint density at radius 2 is 2.05 bits per heavy atom. The van der Waals surface area contributed by atoms with Gasteiger partial charge in [-0.2, -0.15) is 0 Å². The van der Waals surface area contributed by atoms with Crippen LogP contribution in [0.4, 0.5) is 5.82 Å². The molecule has 1 unspecified atom stereocenters. The third-order valence-electron chi connectivity index (χ3n) is 7.63. The largest absolute Gasteiger partial charge is 0.364 e. The highest BCUT2D eigenvalue weighted by Crippen LogP contribution is 2.35. The lowest BCUT2D eigenvalue weighted by Gasteiger charge is -2.32. The number of H-pyrrole nitrogens is 1. The molecule has 10 heteroatoms. The molecule has 0 radical (unpaired) electrons. The van der Waals surface area contributed by atoms with E-state index in [9.17, 15) is 19.2 Å². The Hall–Kier alpha value is -4.31. The van der Waals surface area contributed by atoms with Gasteiger partial charge in [0.05, 0.1) is 0 Å². The van der Waals surface area contributed by atoms with Crippen LogP contribution >= 0.6 is 0 Å². The van der Waals surface area contributed by atoms with Gasteiger partial charge < -0.3 is 29.6 Å². The molecule has 0 spiro atoms. The Labute approximate surface area is 238 Å². The molecule has 1 aliphatic carbocycles. The number of carbonyl (C=O) groups is 4. The summed E-state index contributed by atoms with van der Waals surface area (Å²) in [4.78, 5) is 59.5. The van der Waals surface area contributed by atoms with Gasteiger partial charge in [-0.1, -0.05) is 25.1 Å². The molecule has 41 heavy (non-hydrogen) atoms. The number of fused-ring (bicyclic) bond motifs is 1. The summed E-state index contributed by atoms with van der Waals surface area (Å²) in [5, 5.41) is 3.95. The van der Waals surface area contributed by atoms with Crippen LogP contribution in [0.5, 0.6) is 0 Å². The molecule has 1 aliphatic heterocycles. The molecule has 214 valence electrons. The molecule has 2 aromatic heterocycles. The van der Waals surface area contributed by atoms with Crippen LogP contribution in [0.1, 0.15) is 41.3 Å². The summed E-state index contributed by atoms with van der Waals surface area (Å²) in [6.45, 7) is 3.37. The van der Waals surface area contributed by atoms with Crippen LogP contribution in [0.3, 0.4) is 0 Å². The maximum atomic E-state index is 13.5. The number of benzene rings is 1. The predicted molar refractivity (Wildman–Crippen MR) is 155 cm³/mol. The van der Waals surface area contributed by atoms with Gasteiger partial charge in [0.1, 0.15) is 31.0 Å². The molecule has 1 saturated carbocycles. The van der Waals surface area contributed by atoms with Crippen LogP contribution in [-0.2, 0) is 25.5 Å². The minimum absolute atomic E-state index is 0.0147. The Bertz CT molecular complexity index is 1490. The predicted octanol–water partition coefficient (Wildman–Crippen LogP) is 3.30. The van der Waals surface area contributed by atoms with Crippen molar-refractivity contribution in [3.8, 4) is 0 Å². The van der Waals surface area contributed by atoms with Gasteiger partial charge in [-0.25, -0.2) is 4.98 Å². The molecule has 3 amide bonds. The zero-order valence-corrected chi connectivity index (χ0v) is 23.4. The summed E-state index contributed by atoms with van der Waals surface area (Å²) in [5.74, 6) is 0.469. The molecule has 10 nitrogen and oxygen atoms in total. The number of nitrogens with one attached hydrogen (secondary N) is 2. The van der Waals surface area contributed by atoms with Crippen LogP contribution in [0, 0.1) is 11.8 Å². The molecule has 0 saturated heterocycles. The Balaban J connectivity index is 1.26. The van der Waals surface area contributed by atoms with Crippen molar-refractivity contribution >= 4 is 46.4 Å². The fourth-order valence-electron chi connectivity index (χ4n) is 5.14. The van der Waals surface area contributed by atoms with E-state index < -0.39 is 0 Å². The SMILES string of the molecule is CC1CN(C(=O)c2cccc(CCN(C)C(=O)COCC=O)c2)CC=C1c1cc(NC(=O)C2CC2)nc2[nH]ccc12. The molecule has 1 aromatic carbocycles. The van der Waals surface area contributed by atoms with Crippen molar-refractivity contribution in [3.05, 3.63) is 65.4 Å². The Morgan fingerprint density at radius 3 is 2.80 bits per heavy atom. The van der Waals surface area contributed by atoms with E-state index in [4.69, 9.17) is 4.74 Å². The third kappa shape index (κ3) is 6.71. The van der Waals surface area contributed by atoms with E-state index in [0.29, 0.717) is 43.7 Å². The highest BCUT2D eigenvalue weighted by atomic mass is 16.5. The Morgan fingerprint density at radius 1 is 1.22 bits per heavy atom. The average Bonchev–Trinajstić information content (AvgIpc) is 3.73. The number of aromatic nitrogens is 2. The number of carbonyl (C=O) groups excluding carboxylic acids is 4. The number of ether oxygens (including phenoxy) is 1. The lowest BCUT2D eigenvalue weighted by molar-refractivity contribution is -0.135. The monoisotopic (exact) mass is 557 g/mol. The van der Waals surface area contributed by atoms with E-state index in [0.717, 1.165) is 40.6 Å². The molecule has 5 rings (SSSR count). The molecule has 3 aromatic rings. The number of likely N-dealkylation sites (N-methyl/N-ethyl adjacent to an activating group) is 1. The first kappa shape index (κ1) is 28.2. The van der Waals surface area contributed by atoms with E-state index >= 15 is 0 Å². The van der Waals surface area contributed by atoms with Crippen LogP contribution in [0.25, 0.3) is 16.6 Å². The van der Waals surface area contributed by atoms with Crippen LogP contribution < -0.4 is 5.32 Å². The first-order valence-electron chi connectivity index (χ1n) is 14.0. The number of hydrogen-bond donors (Lipinski definition) is 2. The second kappa shape index (κ2) is 12.5. The van der Waals surface area contributed by atoms with Gasteiger partial charge in [-0.05, 0) is 66.1 Å². The first-order valence-corrected chi connectivity index (χ1v) is 14.0. The van der Waals surface area contributed by atoms with E-state index in [1.807, 2.05) is 47.5 Å². The fraction of sp³-hybridized carbons (Fsp3) is 0.387. The quantitative estimate of drug-likeness (QED) is 0.275. The maximum absolute atomic E-state index is 13.5. The maximum Gasteiger partial charge on any atom is 0.254 e. The summed E-state index contributed by atoms with van der Waals surface area (Å²) < 4.78 is 4.99. The normalized spacial score (nSPS) is 16.8. The van der Waals surface area contributed by atoms with Crippen molar-refractivity contribution in [2.75, 3.05) is 45.2 Å². The van der Waals surface area contributed by atoms with Crippen molar-refractivity contribution in [2.45, 2.75) is 26.2 Å². The topological polar surface area (TPSA) is 125 Å². The minimum atomic E-state index is -0.201. The van der Waals surface area contributed by atoms with Gasteiger partial charge in [-0.3, -0.25) is 14.4 Å². The highest BCUT2D eigenvalue weighted by Gasteiger charge is 2.30. The van der Waals surface area contributed by atoms with Gasteiger partial charge >= 0.3 is 0 Å². The van der Waals surface area contributed by atoms with Gasteiger partial charge in [-0.15, -0.1) is 0 Å². The number of rotatable bonds is 11. The fourth-order valence-corrected chi connectivity index (χ4v) is 5.14. The lowest BCUT2D eigenvalue weighted by atomic mass is 9.89. The number of aldehydes is 1. The van der Waals surface area contributed by atoms with E-state index in [1.54, 1.807) is 11.9 Å². The summed E-state index contributed by atoms with van der Waals surface area (Å²) in [7, 11) is 1.69. The van der Waals surface area contributed by atoms with Gasteiger partial charge in [0, 0.05) is 49.7 Å². The summed E-state index contributed by atoms with van der Waals surface area (Å²) in [6, 6.07) is 11.4. The second-order valence-electron chi connectivity index (χ2n) is 10.8. The van der Waals surface area contributed by atoms with Crippen LogP contribution in [0.2, 0.25) is 0 Å². The van der Waals surface area contributed by atoms with Crippen molar-refractivity contribution in [1.82, 2.24) is 19.8 Å². The van der Waals surface area contributed by atoms with E-state index in [1.165, 1.54) is 0 Å². The standard InChI is InChI=1S/C31H35N5O5/c1-20-18-36(31(40)23-5-3-4-21(16-23)9-12-35(2)28(38)19-41-15-14-37)13-10-24(20)26-17-27(34-30(39)22-6-7-22)33-29-25(26)8-11-32-29/h3-5,8,10-11,14,16-17,20,22H,6-7,9,12-13,15,18-19H2,1-2H3,(H2,32,33,34,39). The summed E-state index contributed by atoms with van der Waals surface area (Å²) >= 11 is 0. The number of amides is 3. The van der Waals surface area contributed by atoms with Crippen LogP contribution in [-0.4, -0.2) is 83.7 Å². The minimum Gasteiger partial charge on any atom is -0.364 e. The van der Waals surface area contributed by atoms with Crippen molar-refractivity contribution in [3.63, 3.8) is 0 Å². The zero-order chi connectivity index (χ0) is 28.9. The number of pyridine rings is 1. The summed E-state index contributed by atoms with van der Waals surface area (Å²) in [5.41, 5.74) is 4.42. The lowest BCUT2D eigenvalue weighted by Crippen LogP contribution is -2.38. The number of hydrogen-bond acceptors (Lipinski definition) is 6. The first-order chi connectivity index (χ1) is 19.8. The number of anilines is 1. The van der Waals surface area contributed by atoms with E-state index in [2.05, 4.69) is 28.3 Å². The molecule has 2 aliphatic rings. The smallest absolute Gasteiger partial charge is 0.254 e. The summed E-state index contributed by atoms with van der Waals surface area (Å²) in [6.07, 6.45) is 6.99. The van der Waals surface area contributed by atoms with Crippen molar-refractivity contribution in [1.29, 1.82) is 0 Å². The number of aromatic amines is 1. The molecular formula is C31H35N5O5. The highest BCUT2D eigenvalue weighted by molar-refractivity contribution is 5.98. The zero-order valence-electron chi connectivity index (χ0n) is 23.4. The average molecular weight is 558 g/mol. The second-order valence-corrected chi connectivity index (χ2v) is 10.8. The molecule has 1 fully saturated rings. The molecule has 0 bridgehead atoms. The number of nitrogens with zero attached hydrogens (tertiary/aromatic N) is 3. The van der Waals surface area contributed by atoms with Crippen molar-refractivity contribution < 1.29 is 23.9 Å². The van der Waals surface area contributed by atoms with Gasteiger partial charge in [0.25, 0.3) is 5.91 Å². The molecular weight excluding hydrogens is 522 g/mol. The van der Waals surface area contributed by atoms with E-state index in [-0.39, 0.29) is 42.8 Å². The van der Waals surface area contributed by atoms with Crippen LogP contribution in [0.15, 0.2) is 48.7 Å². The molecule has 1 atom stereocenters. The van der Waals surface area contributed by atoms with Gasteiger partial charge in [0.2, 0.25) is 11.8 Å². The van der Waals surface area contributed by atoms with Crippen molar-refractivity contribution in [2.24, 2.45) is 11.8 Å². The molecule has 3 heterocycles. The molecule has 2 N–H and O–H groups in total. The third-order valence-corrected chi connectivity index (χ3v) is 7.63. The Kier molecular flexibility index (Phi) is 8.58.